The summed E-state index contributed by atoms with van der Waals surface area (Å²) in [5.74, 6) is 0. The van der Waals surface area contributed by atoms with Crippen LogP contribution in [0.3, 0.4) is 0 Å². The largest absolute Gasteiger partial charge is 0.387 e. The second-order valence-electron chi connectivity index (χ2n) is 4.63. The van der Waals surface area contributed by atoms with E-state index >= 15 is 0 Å². The molecule has 1 fully saturated rings. The van der Waals surface area contributed by atoms with Gasteiger partial charge in [-0.25, -0.2) is 0 Å². The van der Waals surface area contributed by atoms with Crippen molar-refractivity contribution in [2.45, 2.75) is 30.7 Å². The molecule has 1 saturated heterocycles. The van der Waals surface area contributed by atoms with Crippen molar-refractivity contribution in [3.05, 3.63) is 0 Å². The molecule has 21 heavy (non-hydrogen) atoms. The van der Waals surface area contributed by atoms with Crippen LogP contribution in [0.1, 0.15) is 0 Å². The Morgan fingerprint density at radius 3 is 2.33 bits per heavy atom. The van der Waals surface area contributed by atoms with Crippen LogP contribution in [0.4, 0.5) is 0 Å². The van der Waals surface area contributed by atoms with E-state index in [0.29, 0.717) is 0 Å². The van der Waals surface area contributed by atoms with Crippen LogP contribution < -0.4 is 0 Å². The first kappa shape index (κ1) is 19.0. The van der Waals surface area contributed by atoms with Crippen molar-refractivity contribution in [1.82, 2.24) is 0 Å². The van der Waals surface area contributed by atoms with Crippen LogP contribution in [-0.2, 0) is 27.8 Å². The predicted octanol–water partition coefficient (Wildman–Crippen LogP) is -1.06. The number of rotatable bonds is 8. The monoisotopic (exact) mass is 330 g/mol. The summed E-state index contributed by atoms with van der Waals surface area (Å²) in [6, 6.07) is 0. The molecule has 1 heterocycles. The molecule has 10 heteroatoms. The van der Waals surface area contributed by atoms with E-state index in [1.807, 2.05) is 0 Å². The van der Waals surface area contributed by atoms with Crippen LogP contribution in [0.15, 0.2) is 0 Å². The van der Waals surface area contributed by atoms with E-state index in [2.05, 4.69) is 4.52 Å². The Labute approximate surface area is 123 Å². The molecule has 0 spiro atoms. The molecule has 0 bridgehead atoms. The van der Waals surface area contributed by atoms with Crippen molar-refractivity contribution in [3.8, 4) is 0 Å². The maximum atomic E-state index is 11.6. The topological polar surface area (TPSA) is 124 Å². The average Bonchev–Trinajstić information content (AvgIpc) is 2.46. The van der Waals surface area contributed by atoms with E-state index in [1.165, 1.54) is 20.9 Å². The summed E-state index contributed by atoms with van der Waals surface area (Å²) in [7, 11) is -0.527. The van der Waals surface area contributed by atoms with Gasteiger partial charge in [-0.2, -0.15) is 0 Å². The molecule has 6 atom stereocenters. The quantitative estimate of drug-likeness (QED) is 0.377. The van der Waals surface area contributed by atoms with Crippen LogP contribution in [-0.4, -0.2) is 86.7 Å². The molecule has 9 nitrogen and oxygen atoms in total. The first-order valence-electron chi connectivity index (χ1n) is 6.40. The Morgan fingerprint density at radius 1 is 1.10 bits per heavy atom. The van der Waals surface area contributed by atoms with E-state index in [4.69, 9.17) is 18.7 Å². The van der Waals surface area contributed by atoms with Crippen molar-refractivity contribution in [2.24, 2.45) is 0 Å². The Morgan fingerprint density at radius 2 is 1.76 bits per heavy atom. The second-order valence-corrected chi connectivity index (χ2v) is 6.79. The van der Waals surface area contributed by atoms with Gasteiger partial charge in [0.05, 0.1) is 19.8 Å². The van der Waals surface area contributed by atoms with Crippen molar-refractivity contribution in [2.75, 3.05) is 40.7 Å². The van der Waals surface area contributed by atoms with Gasteiger partial charge in [0.15, 0.2) is 6.29 Å². The molecule has 0 aliphatic carbocycles. The van der Waals surface area contributed by atoms with Gasteiger partial charge >= 0.3 is 7.60 Å². The average molecular weight is 330 g/mol. The third-order valence-electron chi connectivity index (χ3n) is 3.04. The predicted molar refractivity (Wildman–Crippen MR) is 71.0 cm³/mol. The van der Waals surface area contributed by atoms with E-state index in [9.17, 15) is 19.9 Å². The van der Waals surface area contributed by atoms with Gasteiger partial charge in [0.25, 0.3) is 0 Å². The highest BCUT2D eigenvalue weighted by molar-refractivity contribution is 7.52. The van der Waals surface area contributed by atoms with E-state index in [1.54, 1.807) is 0 Å². The molecule has 0 radical (unpaired) electrons. The van der Waals surface area contributed by atoms with Crippen molar-refractivity contribution < 1.29 is 43.1 Å². The SMILES string of the molecule is COCCO[C@@H]1OC(COP(C)(=O)OC)C(O)C(O)C1O. The number of hydrogen-bond acceptors (Lipinski definition) is 9. The van der Waals surface area contributed by atoms with Crippen molar-refractivity contribution in [3.63, 3.8) is 0 Å². The van der Waals surface area contributed by atoms with Crippen LogP contribution >= 0.6 is 7.60 Å². The smallest absolute Gasteiger partial charge is 0.327 e. The van der Waals surface area contributed by atoms with Gasteiger partial charge in [0, 0.05) is 20.9 Å². The molecule has 1 rings (SSSR count). The molecule has 0 aromatic rings. The summed E-state index contributed by atoms with van der Waals surface area (Å²) in [5.41, 5.74) is 0. The van der Waals surface area contributed by atoms with Crippen LogP contribution in [0, 0.1) is 0 Å². The number of hydrogen-bond donors (Lipinski definition) is 3. The minimum Gasteiger partial charge on any atom is -0.387 e. The van der Waals surface area contributed by atoms with Crippen LogP contribution in [0.25, 0.3) is 0 Å². The summed E-state index contributed by atoms with van der Waals surface area (Å²) in [6.45, 7) is 1.40. The Balaban J connectivity index is 2.60. The Kier molecular flexibility index (Phi) is 7.69. The molecule has 5 unspecified atom stereocenters. The molecule has 3 N–H and O–H groups in total. The first-order chi connectivity index (χ1) is 9.82. The second kappa shape index (κ2) is 8.52. The highest BCUT2D eigenvalue weighted by Gasteiger charge is 2.44. The van der Waals surface area contributed by atoms with Gasteiger partial charge in [0.2, 0.25) is 0 Å². The fraction of sp³-hybridized carbons (Fsp3) is 1.00. The fourth-order valence-electron chi connectivity index (χ4n) is 1.70. The molecule has 0 saturated carbocycles. The van der Waals surface area contributed by atoms with Gasteiger partial charge in [-0.15, -0.1) is 0 Å². The molecule has 126 valence electrons. The molecule has 0 aromatic carbocycles. The lowest BCUT2D eigenvalue weighted by molar-refractivity contribution is -0.301. The van der Waals surface area contributed by atoms with Crippen molar-refractivity contribution in [1.29, 1.82) is 0 Å². The van der Waals surface area contributed by atoms with Crippen LogP contribution in [0.2, 0.25) is 0 Å². The molecule has 0 aromatic heterocycles. The zero-order valence-corrected chi connectivity index (χ0v) is 13.1. The van der Waals surface area contributed by atoms with Gasteiger partial charge in [-0.05, 0) is 0 Å². The minimum absolute atomic E-state index is 0.138. The lowest BCUT2D eigenvalue weighted by atomic mass is 9.99. The third kappa shape index (κ3) is 5.55. The maximum absolute atomic E-state index is 11.6. The van der Waals surface area contributed by atoms with Gasteiger partial charge < -0.3 is 38.6 Å². The summed E-state index contributed by atoms with van der Waals surface area (Å²) in [5, 5.41) is 29.4. The van der Waals surface area contributed by atoms with Gasteiger partial charge in [-0.1, -0.05) is 0 Å². The third-order valence-corrected chi connectivity index (χ3v) is 4.32. The normalized spacial score (nSPS) is 36.4. The van der Waals surface area contributed by atoms with Crippen molar-refractivity contribution >= 4 is 7.60 Å². The van der Waals surface area contributed by atoms with E-state index in [-0.39, 0.29) is 19.8 Å². The summed E-state index contributed by atoms with van der Waals surface area (Å²) >= 11 is 0. The number of aliphatic hydroxyl groups excluding tert-OH is 3. The fourth-order valence-corrected chi connectivity index (χ4v) is 2.22. The molecule has 1 aliphatic heterocycles. The number of ether oxygens (including phenoxy) is 3. The lowest BCUT2D eigenvalue weighted by Crippen LogP contribution is -2.59. The van der Waals surface area contributed by atoms with Gasteiger partial charge in [0.1, 0.15) is 24.4 Å². The van der Waals surface area contributed by atoms with E-state index in [0.717, 1.165) is 0 Å². The summed E-state index contributed by atoms with van der Waals surface area (Å²) < 4.78 is 36.6. The standard InChI is InChI=1S/C11H23O9P/c1-16-4-5-18-11-10(14)9(13)8(12)7(20-11)6-19-21(3,15)17-2/h7-14H,4-6H2,1-3H3/t7?,8?,9?,10?,11-,21?/m1/s1. The molecule has 1 aliphatic rings. The Hall–Kier alpha value is -0.0900. The highest BCUT2D eigenvalue weighted by Crippen LogP contribution is 2.43. The lowest BCUT2D eigenvalue weighted by Gasteiger charge is -2.40. The number of aliphatic hydroxyl groups is 3. The molecule has 0 amide bonds. The number of methoxy groups -OCH3 is 1. The molecular formula is C11H23O9P. The van der Waals surface area contributed by atoms with E-state index < -0.39 is 38.3 Å². The maximum Gasteiger partial charge on any atom is 0.327 e. The van der Waals surface area contributed by atoms with Crippen LogP contribution in [0.5, 0.6) is 0 Å². The first-order valence-corrected chi connectivity index (χ1v) is 8.39. The van der Waals surface area contributed by atoms with Gasteiger partial charge in [-0.3, -0.25) is 4.57 Å². The zero-order chi connectivity index (χ0) is 16.0. The zero-order valence-electron chi connectivity index (χ0n) is 12.2. The highest BCUT2D eigenvalue weighted by atomic mass is 31.2. The Bertz CT molecular complexity index is 353. The summed E-state index contributed by atoms with van der Waals surface area (Å²) in [6.07, 6.45) is -6.45. The summed E-state index contributed by atoms with van der Waals surface area (Å²) in [4.78, 5) is 0. The molecular weight excluding hydrogens is 307 g/mol. The minimum atomic E-state index is -3.24.